The Bertz CT molecular complexity index is 904. The summed E-state index contributed by atoms with van der Waals surface area (Å²) in [5, 5.41) is 0.169. The van der Waals surface area contributed by atoms with Gasteiger partial charge in [0.1, 0.15) is 11.2 Å². The van der Waals surface area contributed by atoms with E-state index >= 15 is 0 Å². The molecule has 0 unspecified atom stereocenters. The Morgan fingerprint density at radius 2 is 2.00 bits per heavy atom. The normalized spacial score (nSPS) is 15.9. The maximum Gasteiger partial charge on any atom is 0.225 e. The molecule has 2 N–H and O–H groups in total. The summed E-state index contributed by atoms with van der Waals surface area (Å²) in [5.41, 5.74) is 9.12. The van der Waals surface area contributed by atoms with E-state index in [-0.39, 0.29) is 11.2 Å². The fourth-order valence-electron chi connectivity index (χ4n) is 3.03. The highest BCUT2D eigenvalue weighted by molar-refractivity contribution is 6.28. The van der Waals surface area contributed by atoms with Gasteiger partial charge in [-0.25, -0.2) is 19.9 Å². The van der Waals surface area contributed by atoms with Gasteiger partial charge in [0.05, 0.1) is 12.0 Å². The molecule has 1 aliphatic heterocycles. The fourth-order valence-corrected chi connectivity index (χ4v) is 3.19. The average molecular weight is 346 g/mol. The highest BCUT2D eigenvalue weighted by atomic mass is 35.5. The maximum atomic E-state index is 6.17. The second-order valence-electron chi connectivity index (χ2n) is 5.74. The van der Waals surface area contributed by atoms with Crippen LogP contribution in [-0.2, 0) is 4.74 Å². The van der Waals surface area contributed by atoms with Crippen LogP contribution >= 0.6 is 11.6 Å². The van der Waals surface area contributed by atoms with Gasteiger partial charge in [-0.1, -0.05) is 0 Å². The van der Waals surface area contributed by atoms with E-state index in [0.29, 0.717) is 22.9 Å². The highest BCUT2D eigenvalue weighted by Crippen LogP contribution is 2.31. The second kappa shape index (κ2) is 5.95. The number of hydrogen-bond donors (Lipinski definition) is 1. The lowest BCUT2D eigenvalue weighted by molar-refractivity contribution is 0.0704. The second-order valence-corrected chi connectivity index (χ2v) is 6.07. The molecule has 0 aliphatic carbocycles. The summed E-state index contributed by atoms with van der Waals surface area (Å²) >= 11 is 6.17. The SMILES string of the molecule is Cc1nc(N)ncc1-c1nc(Cl)nc2c1ncn2C1CCOCC1. The first kappa shape index (κ1) is 15.2. The van der Waals surface area contributed by atoms with E-state index in [1.165, 1.54) is 0 Å². The van der Waals surface area contributed by atoms with Gasteiger partial charge in [0.15, 0.2) is 5.65 Å². The van der Waals surface area contributed by atoms with E-state index in [0.717, 1.165) is 37.3 Å². The van der Waals surface area contributed by atoms with Crippen molar-refractivity contribution in [1.29, 1.82) is 0 Å². The third-order valence-corrected chi connectivity index (χ3v) is 4.40. The quantitative estimate of drug-likeness (QED) is 0.709. The molecule has 24 heavy (non-hydrogen) atoms. The topological polar surface area (TPSA) is 105 Å². The molecule has 1 saturated heterocycles. The molecule has 0 saturated carbocycles. The molecule has 8 nitrogen and oxygen atoms in total. The zero-order chi connectivity index (χ0) is 16.7. The van der Waals surface area contributed by atoms with Crippen molar-refractivity contribution in [2.24, 2.45) is 0 Å². The van der Waals surface area contributed by atoms with Crippen molar-refractivity contribution in [3.8, 4) is 11.3 Å². The van der Waals surface area contributed by atoms with E-state index < -0.39 is 0 Å². The van der Waals surface area contributed by atoms with Crippen molar-refractivity contribution < 1.29 is 4.74 Å². The van der Waals surface area contributed by atoms with Crippen LogP contribution in [0.3, 0.4) is 0 Å². The molecule has 4 heterocycles. The molecule has 0 radical (unpaired) electrons. The predicted octanol–water partition coefficient (Wildman–Crippen LogP) is 2.18. The fraction of sp³-hybridized carbons (Fsp3) is 0.400. The van der Waals surface area contributed by atoms with Crippen LogP contribution in [0.25, 0.3) is 22.4 Å². The number of imidazole rings is 1. The third-order valence-electron chi connectivity index (χ3n) is 4.23. The Balaban J connectivity index is 1.89. The Morgan fingerprint density at radius 1 is 1.21 bits per heavy atom. The lowest BCUT2D eigenvalue weighted by Gasteiger charge is -2.23. The van der Waals surface area contributed by atoms with E-state index in [1.807, 2.05) is 6.92 Å². The Labute approximate surface area is 143 Å². The number of anilines is 1. The predicted molar refractivity (Wildman–Crippen MR) is 89.6 cm³/mol. The van der Waals surface area contributed by atoms with Crippen LogP contribution in [0.5, 0.6) is 0 Å². The Morgan fingerprint density at radius 3 is 2.75 bits per heavy atom. The van der Waals surface area contributed by atoms with E-state index in [4.69, 9.17) is 22.1 Å². The van der Waals surface area contributed by atoms with Crippen LogP contribution in [0.1, 0.15) is 24.6 Å². The van der Waals surface area contributed by atoms with Crippen molar-refractivity contribution >= 4 is 28.7 Å². The molecular formula is C15H16ClN7O. The largest absolute Gasteiger partial charge is 0.381 e. The lowest BCUT2D eigenvalue weighted by Crippen LogP contribution is -2.19. The summed E-state index contributed by atoms with van der Waals surface area (Å²) < 4.78 is 7.49. The molecule has 0 bridgehead atoms. The van der Waals surface area contributed by atoms with E-state index in [9.17, 15) is 0 Å². The minimum Gasteiger partial charge on any atom is -0.381 e. The number of hydrogen-bond acceptors (Lipinski definition) is 7. The van der Waals surface area contributed by atoms with E-state index in [1.54, 1.807) is 12.5 Å². The number of ether oxygens (including phenoxy) is 1. The van der Waals surface area contributed by atoms with Crippen LogP contribution in [-0.4, -0.2) is 42.7 Å². The zero-order valence-electron chi connectivity index (χ0n) is 13.1. The summed E-state index contributed by atoms with van der Waals surface area (Å²) in [5.74, 6) is 0.223. The van der Waals surface area contributed by atoms with Crippen LogP contribution < -0.4 is 5.73 Å². The first-order chi connectivity index (χ1) is 11.6. The summed E-state index contributed by atoms with van der Waals surface area (Å²) in [6, 6.07) is 0.298. The molecular weight excluding hydrogens is 330 g/mol. The van der Waals surface area contributed by atoms with Gasteiger partial charge in [-0.3, -0.25) is 0 Å². The molecule has 3 aromatic heterocycles. The minimum atomic E-state index is 0.169. The molecule has 0 atom stereocenters. The number of nitrogens with zero attached hydrogens (tertiary/aromatic N) is 6. The monoisotopic (exact) mass is 345 g/mol. The average Bonchev–Trinajstić information content (AvgIpc) is 2.99. The smallest absolute Gasteiger partial charge is 0.225 e. The minimum absolute atomic E-state index is 0.169. The van der Waals surface area contributed by atoms with Crippen LogP contribution in [0, 0.1) is 6.92 Å². The molecule has 0 amide bonds. The van der Waals surface area contributed by atoms with Crippen LogP contribution in [0.4, 0.5) is 5.95 Å². The van der Waals surface area contributed by atoms with Crippen molar-refractivity contribution in [3.63, 3.8) is 0 Å². The van der Waals surface area contributed by atoms with Gasteiger partial charge in [0, 0.05) is 31.0 Å². The van der Waals surface area contributed by atoms with Crippen molar-refractivity contribution in [2.45, 2.75) is 25.8 Å². The molecule has 0 aromatic carbocycles. The Kier molecular flexibility index (Phi) is 3.78. The number of halogens is 1. The molecule has 4 rings (SSSR count). The van der Waals surface area contributed by atoms with Crippen molar-refractivity contribution in [3.05, 3.63) is 23.5 Å². The molecule has 124 valence electrons. The highest BCUT2D eigenvalue weighted by Gasteiger charge is 2.22. The summed E-state index contributed by atoms with van der Waals surface area (Å²) in [4.78, 5) is 21.5. The molecule has 0 spiro atoms. The van der Waals surface area contributed by atoms with Crippen LogP contribution in [0.15, 0.2) is 12.5 Å². The first-order valence-electron chi connectivity index (χ1n) is 7.71. The molecule has 1 aliphatic rings. The summed E-state index contributed by atoms with van der Waals surface area (Å²) in [6.07, 6.45) is 5.28. The number of aromatic nitrogens is 6. The van der Waals surface area contributed by atoms with Gasteiger partial charge in [-0.15, -0.1) is 0 Å². The zero-order valence-corrected chi connectivity index (χ0v) is 13.9. The number of rotatable bonds is 2. The summed E-state index contributed by atoms with van der Waals surface area (Å²) in [7, 11) is 0. The van der Waals surface area contributed by atoms with Crippen molar-refractivity contribution in [1.82, 2.24) is 29.5 Å². The van der Waals surface area contributed by atoms with Gasteiger partial charge in [0.25, 0.3) is 0 Å². The first-order valence-corrected chi connectivity index (χ1v) is 8.08. The molecule has 3 aromatic rings. The maximum absolute atomic E-state index is 6.17. The number of fused-ring (bicyclic) bond motifs is 1. The van der Waals surface area contributed by atoms with Gasteiger partial charge in [-0.05, 0) is 31.4 Å². The van der Waals surface area contributed by atoms with Gasteiger partial charge < -0.3 is 15.0 Å². The Hall–Kier alpha value is -2.32. The lowest BCUT2D eigenvalue weighted by atomic mass is 10.1. The standard InChI is InChI=1S/C15H16ClN7O/c1-8-10(6-18-15(17)20-8)11-12-13(22-14(16)21-11)23(7-19-12)9-2-4-24-5-3-9/h6-7,9H,2-5H2,1H3,(H2,17,18,20). The number of nitrogen functional groups attached to an aromatic ring is 1. The third kappa shape index (κ3) is 2.57. The van der Waals surface area contributed by atoms with Gasteiger partial charge >= 0.3 is 0 Å². The molecule has 9 heteroatoms. The van der Waals surface area contributed by atoms with Gasteiger partial charge in [-0.2, -0.15) is 4.98 Å². The summed E-state index contributed by atoms with van der Waals surface area (Å²) in [6.45, 7) is 3.33. The molecule has 1 fully saturated rings. The van der Waals surface area contributed by atoms with Gasteiger partial charge in [0.2, 0.25) is 11.2 Å². The van der Waals surface area contributed by atoms with Crippen LogP contribution in [0.2, 0.25) is 5.28 Å². The van der Waals surface area contributed by atoms with Crippen molar-refractivity contribution in [2.75, 3.05) is 18.9 Å². The van der Waals surface area contributed by atoms with E-state index in [2.05, 4.69) is 29.5 Å². The number of aryl methyl sites for hydroxylation is 1. The number of nitrogens with two attached hydrogens (primary N) is 1.